The highest BCUT2D eigenvalue weighted by molar-refractivity contribution is 6.02. The van der Waals surface area contributed by atoms with E-state index in [9.17, 15) is 14.4 Å². The third kappa shape index (κ3) is 3.69. The predicted octanol–water partition coefficient (Wildman–Crippen LogP) is 1.70. The molecule has 0 spiro atoms. The van der Waals surface area contributed by atoms with E-state index in [4.69, 9.17) is 14.2 Å². The summed E-state index contributed by atoms with van der Waals surface area (Å²) in [6.07, 6.45) is 0. The minimum absolute atomic E-state index is 0.0238. The molecule has 1 aromatic heterocycles. The topological polar surface area (TPSA) is 109 Å². The van der Waals surface area contributed by atoms with Gasteiger partial charge in [-0.2, -0.15) is 5.10 Å². The lowest BCUT2D eigenvalue weighted by molar-refractivity contribution is -0.124. The highest BCUT2D eigenvalue weighted by Gasteiger charge is 2.20. The SMILES string of the molecule is C[C@H](NC(=O)COC(=O)c1nn(C)c(=O)c2ccccc12)c1ccc2c(c1)OCO2. The van der Waals surface area contributed by atoms with Gasteiger partial charge in [0.2, 0.25) is 6.79 Å². The summed E-state index contributed by atoms with van der Waals surface area (Å²) >= 11 is 0. The molecule has 154 valence electrons. The predicted molar refractivity (Wildman–Crippen MR) is 106 cm³/mol. The standard InChI is InChI=1S/C21H19N3O6/c1-12(13-7-8-16-17(9-13)30-11-29-16)22-18(25)10-28-21(27)19-14-5-3-4-6-15(14)20(26)24(2)23-19/h3-9,12H,10-11H2,1-2H3,(H,22,25)/t12-/m0/s1. The van der Waals surface area contributed by atoms with Crippen molar-refractivity contribution in [1.29, 1.82) is 0 Å². The Balaban J connectivity index is 1.42. The van der Waals surface area contributed by atoms with Gasteiger partial charge in [0, 0.05) is 12.4 Å². The van der Waals surface area contributed by atoms with E-state index in [1.807, 2.05) is 6.07 Å². The van der Waals surface area contributed by atoms with Gasteiger partial charge in [0.25, 0.3) is 11.5 Å². The van der Waals surface area contributed by atoms with Crippen LogP contribution >= 0.6 is 0 Å². The van der Waals surface area contributed by atoms with Crippen molar-refractivity contribution in [2.75, 3.05) is 13.4 Å². The minimum Gasteiger partial charge on any atom is -0.454 e. The zero-order valence-electron chi connectivity index (χ0n) is 16.4. The number of ether oxygens (including phenoxy) is 3. The third-order valence-corrected chi connectivity index (χ3v) is 4.76. The summed E-state index contributed by atoms with van der Waals surface area (Å²) in [6, 6.07) is 11.7. The van der Waals surface area contributed by atoms with E-state index in [-0.39, 0.29) is 24.1 Å². The van der Waals surface area contributed by atoms with Crippen LogP contribution in [0.3, 0.4) is 0 Å². The average Bonchev–Trinajstić information content (AvgIpc) is 3.22. The highest BCUT2D eigenvalue weighted by atomic mass is 16.7. The summed E-state index contributed by atoms with van der Waals surface area (Å²) in [5, 5.41) is 7.48. The number of fused-ring (bicyclic) bond motifs is 2. The maximum absolute atomic E-state index is 12.5. The fourth-order valence-corrected chi connectivity index (χ4v) is 3.20. The van der Waals surface area contributed by atoms with Crippen LogP contribution in [0.4, 0.5) is 0 Å². The van der Waals surface area contributed by atoms with Crippen molar-refractivity contribution in [3.05, 3.63) is 64.1 Å². The van der Waals surface area contributed by atoms with Crippen LogP contribution in [0.2, 0.25) is 0 Å². The van der Waals surface area contributed by atoms with Crippen LogP contribution in [0.5, 0.6) is 11.5 Å². The molecule has 0 radical (unpaired) electrons. The molecular formula is C21H19N3O6. The van der Waals surface area contributed by atoms with Gasteiger partial charge in [-0.05, 0) is 30.7 Å². The van der Waals surface area contributed by atoms with Crippen LogP contribution in [-0.4, -0.2) is 35.1 Å². The number of aromatic nitrogens is 2. The van der Waals surface area contributed by atoms with Crippen molar-refractivity contribution >= 4 is 22.6 Å². The van der Waals surface area contributed by atoms with Crippen molar-refractivity contribution < 1.29 is 23.8 Å². The van der Waals surface area contributed by atoms with Crippen LogP contribution in [0.25, 0.3) is 10.8 Å². The molecule has 1 aliphatic heterocycles. The van der Waals surface area contributed by atoms with Gasteiger partial charge in [-0.15, -0.1) is 0 Å². The molecule has 1 N–H and O–H groups in total. The molecule has 2 heterocycles. The smallest absolute Gasteiger partial charge is 0.359 e. The van der Waals surface area contributed by atoms with Gasteiger partial charge in [-0.3, -0.25) is 9.59 Å². The van der Waals surface area contributed by atoms with E-state index in [0.29, 0.717) is 22.3 Å². The number of carbonyl (C=O) groups excluding carboxylic acids is 2. The number of nitrogens with one attached hydrogen (secondary N) is 1. The summed E-state index contributed by atoms with van der Waals surface area (Å²) in [5.74, 6) is 0.0196. The number of nitrogens with zero attached hydrogens (tertiary/aromatic N) is 2. The molecule has 1 aliphatic rings. The van der Waals surface area contributed by atoms with Crippen LogP contribution in [-0.2, 0) is 16.6 Å². The molecular weight excluding hydrogens is 390 g/mol. The van der Waals surface area contributed by atoms with E-state index in [1.54, 1.807) is 43.3 Å². The molecule has 0 saturated heterocycles. The monoisotopic (exact) mass is 409 g/mol. The lowest BCUT2D eigenvalue weighted by atomic mass is 10.1. The first-order valence-corrected chi connectivity index (χ1v) is 9.26. The second kappa shape index (κ2) is 7.86. The number of hydrogen-bond acceptors (Lipinski definition) is 7. The molecule has 2 aromatic carbocycles. The first kappa shape index (κ1) is 19.4. The Morgan fingerprint density at radius 1 is 1.17 bits per heavy atom. The molecule has 0 fully saturated rings. The lowest BCUT2D eigenvalue weighted by Crippen LogP contribution is -2.31. The summed E-state index contributed by atoms with van der Waals surface area (Å²) in [6.45, 7) is 1.50. The molecule has 4 rings (SSSR count). The Morgan fingerprint density at radius 3 is 2.70 bits per heavy atom. The number of hydrogen-bond donors (Lipinski definition) is 1. The Labute approximate surface area is 171 Å². The molecule has 1 atom stereocenters. The molecule has 0 bridgehead atoms. The normalized spacial score (nSPS) is 13.1. The molecule has 30 heavy (non-hydrogen) atoms. The quantitative estimate of drug-likeness (QED) is 0.639. The molecule has 0 unspecified atom stereocenters. The van der Waals surface area contributed by atoms with Gasteiger partial charge in [0.15, 0.2) is 23.8 Å². The molecule has 0 saturated carbocycles. The minimum atomic E-state index is -0.785. The Hall–Kier alpha value is -3.88. The van der Waals surface area contributed by atoms with Crippen molar-refractivity contribution in [2.24, 2.45) is 7.05 Å². The lowest BCUT2D eigenvalue weighted by Gasteiger charge is -2.15. The van der Waals surface area contributed by atoms with Crippen molar-refractivity contribution in [1.82, 2.24) is 15.1 Å². The van der Waals surface area contributed by atoms with Crippen molar-refractivity contribution in [2.45, 2.75) is 13.0 Å². The van der Waals surface area contributed by atoms with Crippen molar-refractivity contribution in [3.63, 3.8) is 0 Å². The van der Waals surface area contributed by atoms with Gasteiger partial charge in [0.05, 0.1) is 11.4 Å². The van der Waals surface area contributed by atoms with Crippen LogP contribution < -0.4 is 20.3 Å². The fourth-order valence-electron chi connectivity index (χ4n) is 3.20. The van der Waals surface area contributed by atoms with Gasteiger partial charge >= 0.3 is 5.97 Å². The number of amides is 1. The third-order valence-electron chi connectivity index (χ3n) is 4.76. The summed E-state index contributed by atoms with van der Waals surface area (Å²) < 4.78 is 16.8. The van der Waals surface area contributed by atoms with Crippen LogP contribution in [0.1, 0.15) is 29.0 Å². The van der Waals surface area contributed by atoms with Gasteiger partial charge in [-0.1, -0.05) is 24.3 Å². The van der Waals surface area contributed by atoms with Crippen molar-refractivity contribution in [3.8, 4) is 11.5 Å². The first-order valence-electron chi connectivity index (χ1n) is 9.26. The Morgan fingerprint density at radius 2 is 1.90 bits per heavy atom. The number of carbonyl (C=O) groups is 2. The maximum Gasteiger partial charge on any atom is 0.359 e. The van der Waals surface area contributed by atoms with Gasteiger partial charge in [-0.25, -0.2) is 9.48 Å². The van der Waals surface area contributed by atoms with E-state index in [1.165, 1.54) is 7.05 Å². The number of benzene rings is 2. The van der Waals surface area contributed by atoms with Gasteiger partial charge in [0.1, 0.15) is 0 Å². The van der Waals surface area contributed by atoms with Crippen LogP contribution in [0.15, 0.2) is 47.3 Å². The number of rotatable bonds is 5. The maximum atomic E-state index is 12.5. The average molecular weight is 409 g/mol. The molecule has 1 amide bonds. The zero-order chi connectivity index (χ0) is 21.3. The highest BCUT2D eigenvalue weighted by Crippen LogP contribution is 2.34. The molecule has 9 heteroatoms. The largest absolute Gasteiger partial charge is 0.454 e. The molecule has 9 nitrogen and oxygen atoms in total. The Kier molecular flexibility index (Phi) is 5.09. The fraction of sp³-hybridized carbons (Fsp3) is 0.238. The summed E-state index contributed by atoms with van der Waals surface area (Å²) in [7, 11) is 1.45. The molecule has 3 aromatic rings. The van der Waals surface area contributed by atoms with E-state index in [0.717, 1.165) is 10.2 Å². The van der Waals surface area contributed by atoms with Gasteiger partial charge < -0.3 is 19.5 Å². The van der Waals surface area contributed by atoms with E-state index < -0.39 is 18.5 Å². The number of esters is 1. The summed E-state index contributed by atoms with van der Waals surface area (Å²) in [4.78, 5) is 36.9. The molecule has 0 aliphatic carbocycles. The van der Waals surface area contributed by atoms with Crippen LogP contribution in [0, 0.1) is 0 Å². The number of aryl methyl sites for hydroxylation is 1. The first-order chi connectivity index (χ1) is 14.4. The van der Waals surface area contributed by atoms with E-state index in [2.05, 4.69) is 10.4 Å². The second-order valence-electron chi connectivity index (χ2n) is 6.80. The summed E-state index contributed by atoms with van der Waals surface area (Å²) in [5.41, 5.74) is 0.478. The Bertz CT molecular complexity index is 1200. The zero-order valence-corrected chi connectivity index (χ0v) is 16.4. The second-order valence-corrected chi connectivity index (χ2v) is 6.80. The van der Waals surface area contributed by atoms with E-state index >= 15 is 0 Å².